The number of hydrogen-bond donors (Lipinski definition) is 2. The zero-order valence-corrected chi connectivity index (χ0v) is 11.0. The maximum absolute atomic E-state index is 4.58. The highest BCUT2D eigenvalue weighted by Gasteiger charge is 2.55. The summed E-state index contributed by atoms with van der Waals surface area (Å²) in [5.74, 6) is 0. The van der Waals surface area contributed by atoms with Gasteiger partial charge in [-0.1, -0.05) is 25.2 Å². The zero-order valence-electron chi connectivity index (χ0n) is 9.23. The summed E-state index contributed by atoms with van der Waals surface area (Å²) < 4.78 is 0. The molecule has 2 unspecified atom stereocenters. The van der Waals surface area contributed by atoms with Gasteiger partial charge in [-0.05, 0) is 24.6 Å². The molecule has 0 spiro atoms. The summed E-state index contributed by atoms with van der Waals surface area (Å²) >= 11 is 8.93. The first-order valence-corrected chi connectivity index (χ1v) is 6.19. The van der Waals surface area contributed by atoms with Crippen molar-refractivity contribution in [2.24, 2.45) is 15.8 Å². The van der Waals surface area contributed by atoms with Gasteiger partial charge in [0, 0.05) is 15.7 Å². The molecule has 82 valence electrons. The second kappa shape index (κ2) is 2.96. The van der Waals surface area contributed by atoms with Crippen molar-refractivity contribution in [1.82, 2.24) is 0 Å². The second-order valence-electron chi connectivity index (χ2n) is 4.87. The van der Waals surface area contributed by atoms with E-state index in [-0.39, 0.29) is 10.8 Å². The molecule has 1 heterocycles. The smallest absolute Gasteiger partial charge is 0.0933 e. The van der Waals surface area contributed by atoms with E-state index in [1.807, 2.05) is 6.08 Å². The Kier molecular flexibility index (Phi) is 1.94. The fraction of sp³-hybridized carbons (Fsp3) is 0.308. The lowest BCUT2D eigenvalue weighted by molar-refractivity contribution is 0.364. The summed E-state index contributed by atoms with van der Waals surface area (Å²) in [6.07, 6.45) is 10.6. The molecule has 0 fully saturated rings. The van der Waals surface area contributed by atoms with Crippen LogP contribution in [0.25, 0.3) is 0 Å². The van der Waals surface area contributed by atoms with Gasteiger partial charge in [-0.15, -0.1) is 25.3 Å². The van der Waals surface area contributed by atoms with Crippen LogP contribution in [-0.4, -0.2) is 5.71 Å². The Bertz CT molecular complexity index is 536. The molecular formula is C13H13NS2. The van der Waals surface area contributed by atoms with Crippen molar-refractivity contribution in [1.29, 1.82) is 0 Å². The van der Waals surface area contributed by atoms with E-state index in [1.165, 1.54) is 5.57 Å². The van der Waals surface area contributed by atoms with E-state index in [1.54, 1.807) is 0 Å². The summed E-state index contributed by atoms with van der Waals surface area (Å²) in [6.45, 7) is 4.46. The molecule has 0 saturated carbocycles. The Hall–Kier alpha value is -0.670. The first-order chi connectivity index (χ1) is 7.47. The molecule has 0 aromatic rings. The minimum atomic E-state index is -0.0783. The molecule has 0 bridgehead atoms. The molecule has 1 nitrogen and oxygen atoms in total. The molecule has 0 radical (unpaired) electrons. The van der Waals surface area contributed by atoms with Crippen molar-refractivity contribution >= 4 is 31.0 Å². The number of nitrogens with zero attached hydrogens (tertiary/aromatic N) is 1. The average molecular weight is 247 g/mol. The monoisotopic (exact) mass is 247 g/mol. The van der Waals surface area contributed by atoms with Gasteiger partial charge in [0.25, 0.3) is 0 Å². The molecule has 0 amide bonds. The van der Waals surface area contributed by atoms with Crippen molar-refractivity contribution < 1.29 is 0 Å². The Morgan fingerprint density at radius 1 is 1.19 bits per heavy atom. The van der Waals surface area contributed by atoms with Gasteiger partial charge in [-0.2, -0.15) is 0 Å². The van der Waals surface area contributed by atoms with Crippen LogP contribution in [0, 0.1) is 10.8 Å². The Balaban J connectivity index is 2.35. The molecule has 16 heavy (non-hydrogen) atoms. The minimum Gasteiger partial charge on any atom is -0.246 e. The van der Waals surface area contributed by atoms with Crippen LogP contribution >= 0.6 is 25.3 Å². The van der Waals surface area contributed by atoms with Crippen molar-refractivity contribution in [2.75, 3.05) is 0 Å². The average Bonchev–Trinajstić information content (AvgIpc) is 2.49. The summed E-state index contributed by atoms with van der Waals surface area (Å²) in [6, 6.07) is 0. The van der Waals surface area contributed by atoms with Crippen molar-refractivity contribution in [3.8, 4) is 0 Å². The lowest BCUT2D eigenvalue weighted by atomic mass is 9.67. The number of thiol groups is 2. The fourth-order valence-corrected chi connectivity index (χ4v) is 3.57. The predicted molar refractivity (Wildman–Crippen MR) is 75.0 cm³/mol. The molecule has 1 aliphatic heterocycles. The normalized spacial score (nSPS) is 39.8. The van der Waals surface area contributed by atoms with E-state index in [2.05, 4.69) is 68.4 Å². The summed E-state index contributed by atoms with van der Waals surface area (Å²) in [5, 5.41) is 0.758. The number of hydrogen-bond acceptors (Lipinski definition) is 3. The largest absolute Gasteiger partial charge is 0.246 e. The summed E-state index contributed by atoms with van der Waals surface area (Å²) in [4.78, 5) is 5.62. The van der Waals surface area contributed by atoms with Gasteiger partial charge < -0.3 is 0 Å². The number of allylic oxidation sites excluding steroid dienone is 6. The van der Waals surface area contributed by atoms with Gasteiger partial charge in [-0.3, -0.25) is 0 Å². The molecule has 0 saturated heterocycles. The third-order valence-corrected chi connectivity index (χ3v) is 4.68. The summed E-state index contributed by atoms with van der Waals surface area (Å²) in [7, 11) is 0. The SMILES string of the molecule is CC12C=CC3=NC(S)=CC=C(C(S)=C1)C32C. The lowest BCUT2D eigenvalue weighted by Crippen LogP contribution is -2.34. The van der Waals surface area contributed by atoms with Gasteiger partial charge in [0.15, 0.2) is 0 Å². The first-order valence-electron chi connectivity index (χ1n) is 5.29. The van der Waals surface area contributed by atoms with Crippen LogP contribution in [0.15, 0.2) is 50.9 Å². The maximum Gasteiger partial charge on any atom is 0.0933 e. The van der Waals surface area contributed by atoms with Gasteiger partial charge in [0.2, 0.25) is 0 Å². The van der Waals surface area contributed by atoms with Gasteiger partial charge in [-0.25, -0.2) is 4.99 Å². The van der Waals surface area contributed by atoms with Crippen LogP contribution in [0.4, 0.5) is 0 Å². The van der Waals surface area contributed by atoms with E-state index in [0.717, 1.165) is 15.6 Å². The third kappa shape index (κ3) is 1.03. The molecular weight excluding hydrogens is 234 g/mol. The first kappa shape index (κ1) is 10.5. The molecule has 3 aliphatic rings. The molecule has 0 aromatic carbocycles. The van der Waals surface area contributed by atoms with E-state index in [0.29, 0.717) is 0 Å². The van der Waals surface area contributed by atoms with Crippen molar-refractivity contribution in [3.05, 3.63) is 45.9 Å². The van der Waals surface area contributed by atoms with E-state index >= 15 is 0 Å². The molecule has 3 rings (SSSR count). The highest BCUT2D eigenvalue weighted by molar-refractivity contribution is 7.85. The minimum absolute atomic E-state index is 0.000980. The van der Waals surface area contributed by atoms with Crippen LogP contribution in [-0.2, 0) is 0 Å². The highest BCUT2D eigenvalue weighted by atomic mass is 32.1. The topological polar surface area (TPSA) is 12.4 Å². The highest BCUT2D eigenvalue weighted by Crippen LogP contribution is 2.60. The predicted octanol–water partition coefficient (Wildman–Crippen LogP) is 3.55. The maximum atomic E-state index is 4.58. The Morgan fingerprint density at radius 3 is 2.69 bits per heavy atom. The standard InChI is InChI=1S/C13H13NS2/c1-12-6-5-10-13(12,2)8(9(15)7-12)3-4-11(16)14-10/h3-7,15-16H,1-2H3. The number of rotatable bonds is 0. The van der Waals surface area contributed by atoms with Crippen LogP contribution in [0.2, 0.25) is 0 Å². The van der Waals surface area contributed by atoms with Crippen molar-refractivity contribution in [2.45, 2.75) is 13.8 Å². The van der Waals surface area contributed by atoms with Crippen LogP contribution in [0.3, 0.4) is 0 Å². The van der Waals surface area contributed by atoms with E-state index in [4.69, 9.17) is 0 Å². The van der Waals surface area contributed by atoms with Crippen LogP contribution in [0.1, 0.15) is 13.8 Å². The molecule has 0 N–H and O–H groups in total. The van der Waals surface area contributed by atoms with Crippen LogP contribution < -0.4 is 0 Å². The van der Waals surface area contributed by atoms with Gasteiger partial charge >= 0.3 is 0 Å². The van der Waals surface area contributed by atoms with Crippen LogP contribution in [0.5, 0.6) is 0 Å². The van der Waals surface area contributed by atoms with Crippen molar-refractivity contribution in [3.63, 3.8) is 0 Å². The molecule has 3 heteroatoms. The van der Waals surface area contributed by atoms with Gasteiger partial charge in [0.05, 0.1) is 10.7 Å². The molecule has 2 aliphatic carbocycles. The van der Waals surface area contributed by atoms with E-state index < -0.39 is 0 Å². The lowest BCUT2D eigenvalue weighted by Gasteiger charge is -2.35. The second-order valence-corrected chi connectivity index (χ2v) is 5.81. The van der Waals surface area contributed by atoms with E-state index in [9.17, 15) is 0 Å². The third-order valence-electron chi connectivity index (χ3n) is 4.06. The van der Waals surface area contributed by atoms with Gasteiger partial charge in [0.1, 0.15) is 0 Å². The zero-order chi connectivity index (χ0) is 11.6. The molecule has 2 atom stereocenters. The Morgan fingerprint density at radius 2 is 1.94 bits per heavy atom. The quantitative estimate of drug-likeness (QED) is 0.607. The fourth-order valence-electron chi connectivity index (χ4n) is 2.82. The summed E-state index contributed by atoms with van der Waals surface area (Å²) in [5.41, 5.74) is 2.25. The number of aliphatic imine (C=N–C) groups is 1. The Labute approximate surface area is 107 Å². The molecule has 0 aromatic heterocycles.